The van der Waals surface area contributed by atoms with E-state index in [-0.39, 0.29) is 23.4 Å². The summed E-state index contributed by atoms with van der Waals surface area (Å²) < 4.78 is 19.0. The van der Waals surface area contributed by atoms with Crippen molar-refractivity contribution >= 4 is 6.03 Å². The van der Waals surface area contributed by atoms with Crippen molar-refractivity contribution < 1.29 is 13.9 Å². The third-order valence-corrected chi connectivity index (χ3v) is 5.92. The van der Waals surface area contributed by atoms with Gasteiger partial charge in [0.1, 0.15) is 18.2 Å². The summed E-state index contributed by atoms with van der Waals surface area (Å²) in [6.07, 6.45) is 3.46. The molecule has 1 aliphatic carbocycles. The Morgan fingerprint density at radius 2 is 1.75 bits per heavy atom. The summed E-state index contributed by atoms with van der Waals surface area (Å²) in [5, 5.41) is 3.05. The van der Waals surface area contributed by atoms with Crippen molar-refractivity contribution in [3.8, 4) is 5.75 Å². The van der Waals surface area contributed by atoms with E-state index in [2.05, 4.69) is 18.8 Å². The molecule has 2 aromatic rings. The van der Waals surface area contributed by atoms with Crippen LogP contribution in [0.5, 0.6) is 5.75 Å². The van der Waals surface area contributed by atoms with Crippen molar-refractivity contribution in [3.63, 3.8) is 0 Å². The van der Waals surface area contributed by atoms with Gasteiger partial charge in [0.25, 0.3) is 0 Å². The van der Waals surface area contributed by atoms with E-state index in [1.54, 1.807) is 12.1 Å². The molecular weight excluding hydrogens is 405 g/mol. The van der Waals surface area contributed by atoms with Crippen LogP contribution in [-0.4, -0.2) is 29.1 Å². The van der Waals surface area contributed by atoms with Gasteiger partial charge < -0.3 is 20.7 Å². The Hall–Kier alpha value is -2.86. The van der Waals surface area contributed by atoms with Gasteiger partial charge in [-0.05, 0) is 80.5 Å². The van der Waals surface area contributed by atoms with E-state index in [1.165, 1.54) is 12.1 Å². The van der Waals surface area contributed by atoms with E-state index in [9.17, 15) is 9.18 Å². The molecule has 1 fully saturated rings. The number of nitrogens with two attached hydrogens (primary N) is 1. The molecule has 5 nitrogen and oxygen atoms in total. The Morgan fingerprint density at radius 3 is 2.34 bits per heavy atom. The monoisotopic (exact) mass is 439 g/mol. The second-order valence-electron chi connectivity index (χ2n) is 9.19. The minimum atomic E-state index is -0.281. The largest absolute Gasteiger partial charge is 0.489 e. The number of carbonyl (C=O) groups excluding carboxylic acids is 1. The first-order chi connectivity index (χ1) is 15.2. The van der Waals surface area contributed by atoms with E-state index in [0.717, 1.165) is 48.1 Å². The maximum atomic E-state index is 13.3. The number of halogens is 1. The predicted octanol–water partition coefficient (Wildman–Crippen LogP) is 5.15. The SMILES string of the molecule is C=C(C)COc1ccc(CNC(=O)N(Cc2ccc(F)cc2)C2CCC(C)(N)CC2)cc1. The number of ether oxygens (including phenoxy) is 1. The van der Waals surface area contributed by atoms with Crippen molar-refractivity contribution in [1.82, 2.24) is 10.2 Å². The predicted molar refractivity (Wildman–Crippen MR) is 126 cm³/mol. The third kappa shape index (κ3) is 7.09. The fraction of sp³-hybridized carbons (Fsp3) is 0.423. The molecule has 0 radical (unpaired) electrons. The number of urea groups is 1. The summed E-state index contributed by atoms with van der Waals surface area (Å²) in [5.74, 6) is 0.491. The van der Waals surface area contributed by atoms with Crippen molar-refractivity contribution in [3.05, 3.63) is 77.6 Å². The Labute approximate surface area is 190 Å². The average Bonchev–Trinajstić information content (AvgIpc) is 2.76. The molecule has 0 aromatic heterocycles. The first-order valence-corrected chi connectivity index (χ1v) is 11.2. The van der Waals surface area contributed by atoms with Gasteiger partial charge in [-0.25, -0.2) is 9.18 Å². The number of rotatable bonds is 8. The molecule has 172 valence electrons. The molecule has 0 aliphatic heterocycles. The zero-order valence-corrected chi connectivity index (χ0v) is 19.1. The van der Waals surface area contributed by atoms with Crippen molar-refractivity contribution in [2.24, 2.45) is 5.73 Å². The van der Waals surface area contributed by atoms with Crippen molar-refractivity contribution in [1.29, 1.82) is 0 Å². The highest BCUT2D eigenvalue weighted by Crippen LogP contribution is 2.30. The maximum Gasteiger partial charge on any atom is 0.318 e. The Balaban J connectivity index is 1.63. The van der Waals surface area contributed by atoms with Crippen LogP contribution in [0.2, 0.25) is 0 Å². The molecule has 0 heterocycles. The van der Waals surface area contributed by atoms with Crippen LogP contribution in [0, 0.1) is 5.82 Å². The number of carbonyl (C=O) groups is 1. The van der Waals surface area contributed by atoms with E-state index in [1.807, 2.05) is 36.1 Å². The van der Waals surface area contributed by atoms with Gasteiger partial charge in [0.05, 0.1) is 0 Å². The second kappa shape index (κ2) is 10.6. The summed E-state index contributed by atoms with van der Waals surface area (Å²) in [7, 11) is 0. The van der Waals surface area contributed by atoms with Gasteiger partial charge in [0.15, 0.2) is 0 Å². The van der Waals surface area contributed by atoms with Crippen LogP contribution in [0.4, 0.5) is 9.18 Å². The number of hydrogen-bond donors (Lipinski definition) is 2. The lowest BCUT2D eigenvalue weighted by atomic mass is 9.81. The molecule has 1 saturated carbocycles. The summed E-state index contributed by atoms with van der Waals surface area (Å²) in [4.78, 5) is 15.0. The second-order valence-corrected chi connectivity index (χ2v) is 9.19. The first-order valence-electron chi connectivity index (χ1n) is 11.2. The van der Waals surface area contributed by atoms with Crippen molar-refractivity contribution in [2.75, 3.05) is 6.61 Å². The zero-order valence-electron chi connectivity index (χ0n) is 19.1. The Morgan fingerprint density at radius 1 is 1.16 bits per heavy atom. The summed E-state index contributed by atoms with van der Waals surface area (Å²) in [6.45, 7) is 9.15. The van der Waals surface area contributed by atoms with Crippen LogP contribution < -0.4 is 15.8 Å². The minimum absolute atomic E-state index is 0.106. The van der Waals surface area contributed by atoms with Gasteiger partial charge >= 0.3 is 6.03 Å². The van der Waals surface area contributed by atoms with Gasteiger partial charge in [0.2, 0.25) is 0 Å². The third-order valence-electron chi connectivity index (χ3n) is 5.92. The first kappa shape index (κ1) is 23.8. The molecule has 3 rings (SSSR count). The highest BCUT2D eigenvalue weighted by molar-refractivity contribution is 5.74. The van der Waals surface area contributed by atoms with Crippen LogP contribution >= 0.6 is 0 Å². The summed E-state index contributed by atoms with van der Waals surface area (Å²) >= 11 is 0. The molecule has 0 bridgehead atoms. The van der Waals surface area contributed by atoms with E-state index in [4.69, 9.17) is 10.5 Å². The van der Waals surface area contributed by atoms with Gasteiger partial charge in [-0.15, -0.1) is 0 Å². The number of benzene rings is 2. The number of nitrogens with zero attached hydrogens (tertiary/aromatic N) is 1. The highest BCUT2D eigenvalue weighted by Gasteiger charge is 2.32. The average molecular weight is 440 g/mol. The minimum Gasteiger partial charge on any atom is -0.489 e. The van der Waals surface area contributed by atoms with E-state index in [0.29, 0.717) is 19.7 Å². The lowest BCUT2D eigenvalue weighted by Gasteiger charge is -2.40. The number of hydrogen-bond acceptors (Lipinski definition) is 3. The molecule has 0 spiro atoms. The summed E-state index contributed by atoms with van der Waals surface area (Å²) in [6, 6.07) is 14.0. The van der Waals surface area contributed by atoms with Gasteiger partial charge in [0, 0.05) is 24.7 Å². The Bertz CT molecular complexity index is 900. The molecule has 2 aromatic carbocycles. The number of amides is 2. The van der Waals surface area contributed by atoms with Gasteiger partial charge in [-0.3, -0.25) is 0 Å². The maximum absolute atomic E-state index is 13.3. The smallest absolute Gasteiger partial charge is 0.318 e. The molecule has 3 N–H and O–H groups in total. The van der Waals surface area contributed by atoms with Crippen LogP contribution in [0.15, 0.2) is 60.7 Å². The number of nitrogens with one attached hydrogen (secondary N) is 1. The molecular formula is C26H34FN3O2. The standard InChI is InChI=1S/C26H34FN3O2/c1-19(2)18-32-24-10-6-20(7-11-24)16-29-25(31)30(17-21-4-8-22(27)9-5-21)23-12-14-26(3,28)15-13-23/h4-11,23H,1,12-18,28H2,2-3H3,(H,29,31). The quantitative estimate of drug-likeness (QED) is 0.559. The zero-order chi connectivity index (χ0) is 23.1. The van der Waals surface area contributed by atoms with E-state index < -0.39 is 0 Å². The van der Waals surface area contributed by atoms with Crippen LogP contribution in [0.3, 0.4) is 0 Å². The lowest BCUT2D eigenvalue weighted by Crippen LogP contribution is -2.50. The van der Waals surface area contributed by atoms with Gasteiger partial charge in [-0.1, -0.05) is 30.8 Å². The molecule has 0 unspecified atom stereocenters. The molecule has 6 heteroatoms. The van der Waals surface area contributed by atoms with E-state index >= 15 is 0 Å². The highest BCUT2D eigenvalue weighted by atomic mass is 19.1. The fourth-order valence-electron chi connectivity index (χ4n) is 3.92. The molecule has 2 amide bonds. The fourth-order valence-corrected chi connectivity index (χ4v) is 3.92. The van der Waals surface area contributed by atoms with Crippen LogP contribution in [0.25, 0.3) is 0 Å². The molecule has 0 saturated heterocycles. The summed E-state index contributed by atoms with van der Waals surface area (Å²) in [5.41, 5.74) is 8.97. The normalized spacial score (nSPS) is 20.4. The molecule has 0 atom stereocenters. The molecule has 32 heavy (non-hydrogen) atoms. The lowest BCUT2D eigenvalue weighted by molar-refractivity contribution is 0.133. The van der Waals surface area contributed by atoms with Gasteiger partial charge in [-0.2, -0.15) is 0 Å². The topological polar surface area (TPSA) is 67.6 Å². The Kier molecular flexibility index (Phi) is 7.91. The van der Waals surface area contributed by atoms with Crippen molar-refractivity contribution in [2.45, 2.75) is 64.2 Å². The van der Waals surface area contributed by atoms with Crippen LogP contribution in [0.1, 0.15) is 50.7 Å². The van der Waals surface area contributed by atoms with Crippen LogP contribution in [-0.2, 0) is 13.1 Å². The molecule has 1 aliphatic rings.